The first-order valence-corrected chi connectivity index (χ1v) is 9.55. The molecule has 4 fully saturated rings. The van der Waals surface area contributed by atoms with Crippen LogP contribution in [0.5, 0.6) is 0 Å². The molecule has 4 aliphatic carbocycles. The number of hydrogen-bond donors (Lipinski definition) is 0. The molecule has 6 nitrogen and oxygen atoms in total. The maximum absolute atomic E-state index is 12.7. The number of ether oxygens (including phenoxy) is 3. The molecule has 0 N–H and O–H groups in total. The van der Waals surface area contributed by atoms with Crippen LogP contribution in [0.4, 0.5) is 13.2 Å². The number of esters is 3. The zero-order valence-electron chi connectivity index (χ0n) is 14.8. The van der Waals surface area contributed by atoms with Gasteiger partial charge in [0, 0.05) is 11.8 Å². The van der Waals surface area contributed by atoms with E-state index in [-0.39, 0.29) is 23.7 Å². The SMILES string of the molecule is O=C(OC1C2CC3C1OC(=O)C3C2C(=O)OCC(F)(F)F)C1CC2C=CC1C2. The fourth-order valence-corrected chi connectivity index (χ4v) is 5.99. The number of halogens is 3. The molecule has 0 aromatic heterocycles. The molecule has 5 rings (SSSR count). The minimum atomic E-state index is -4.65. The fourth-order valence-electron chi connectivity index (χ4n) is 5.99. The van der Waals surface area contributed by atoms with Gasteiger partial charge >= 0.3 is 24.1 Å². The summed E-state index contributed by atoms with van der Waals surface area (Å²) in [5.74, 6) is -4.54. The van der Waals surface area contributed by atoms with Crippen molar-refractivity contribution >= 4 is 17.9 Å². The van der Waals surface area contributed by atoms with Crippen molar-refractivity contribution in [3.05, 3.63) is 12.2 Å². The molecule has 5 aliphatic rings. The van der Waals surface area contributed by atoms with Crippen LogP contribution in [0, 0.1) is 41.4 Å². The van der Waals surface area contributed by atoms with E-state index in [1.807, 2.05) is 6.08 Å². The molecule has 0 amide bonds. The van der Waals surface area contributed by atoms with Crippen molar-refractivity contribution in [2.75, 3.05) is 6.61 Å². The molecular formula is C19H19F3O6. The predicted octanol–water partition coefficient (Wildman–Crippen LogP) is 2.02. The maximum atomic E-state index is 12.7. The van der Waals surface area contributed by atoms with Gasteiger partial charge in [-0.15, -0.1) is 0 Å². The summed E-state index contributed by atoms with van der Waals surface area (Å²) < 4.78 is 52.7. The average molecular weight is 400 g/mol. The summed E-state index contributed by atoms with van der Waals surface area (Å²) in [6, 6.07) is 0. The Kier molecular flexibility index (Phi) is 3.84. The summed E-state index contributed by atoms with van der Waals surface area (Å²) >= 11 is 0. The highest BCUT2D eigenvalue weighted by molar-refractivity contribution is 5.86. The van der Waals surface area contributed by atoms with Gasteiger partial charge in [-0.3, -0.25) is 14.4 Å². The summed E-state index contributed by atoms with van der Waals surface area (Å²) in [6.07, 6.45) is 0.0911. The lowest BCUT2D eigenvalue weighted by molar-refractivity contribution is -0.193. The lowest BCUT2D eigenvalue weighted by Crippen LogP contribution is -2.45. The minimum absolute atomic E-state index is 0.141. The molecule has 28 heavy (non-hydrogen) atoms. The first-order valence-electron chi connectivity index (χ1n) is 9.55. The standard InChI is InChI=1S/C19H19F3O6/c20-19(21,22)6-26-17(24)12-10-5-11-13(12)18(25)28-15(11)14(10)27-16(23)9-4-7-1-2-8(9)3-7/h1-2,7-15H,3-6H2. The molecule has 9 unspecified atom stereocenters. The van der Waals surface area contributed by atoms with Crippen molar-refractivity contribution < 1.29 is 41.8 Å². The van der Waals surface area contributed by atoms with E-state index in [0.717, 1.165) is 6.42 Å². The van der Waals surface area contributed by atoms with Gasteiger partial charge in [0.05, 0.1) is 17.8 Å². The molecule has 1 saturated heterocycles. The van der Waals surface area contributed by atoms with Crippen LogP contribution < -0.4 is 0 Å². The fraction of sp³-hybridized carbons (Fsp3) is 0.737. The Labute approximate surface area is 158 Å². The Morgan fingerprint density at radius 2 is 1.89 bits per heavy atom. The van der Waals surface area contributed by atoms with E-state index in [0.29, 0.717) is 18.8 Å². The molecule has 152 valence electrons. The second-order valence-corrected chi connectivity index (χ2v) is 8.53. The minimum Gasteiger partial charge on any atom is -0.458 e. The number of carbonyl (C=O) groups is 3. The van der Waals surface area contributed by atoms with Crippen molar-refractivity contribution in [3.8, 4) is 0 Å². The largest absolute Gasteiger partial charge is 0.458 e. The molecule has 1 aliphatic heterocycles. The van der Waals surface area contributed by atoms with E-state index in [1.54, 1.807) is 0 Å². The van der Waals surface area contributed by atoms with Gasteiger partial charge in [-0.2, -0.15) is 13.2 Å². The molecular weight excluding hydrogens is 381 g/mol. The lowest BCUT2D eigenvalue weighted by Gasteiger charge is -2.31. The summed E-state index contributed by atoms with van der Waals surface area (Å²) in [5.41, 5.74) is 0. The van der Waals surface area contributed by atoms with E-state index in [1.165, 1.54) is 0 Å². The molecule has 1 heterocycles. The van der Waals surface area contributed by atoms with Gasteiger partial charge in [0.1, 0.15) is 12.2 Å². The summed E-state index contributed by atoms with van der Waals surface area (Å²) in [6.45, 7) is -1.70. The van der Waals surface area contributed by atoms with Crippen LogP contribution in [0.25, 0.3) is 0 Å². The maximum Gasteiger partial charge on any atom is 0.422 e. The molecule has 9 atom stereocenters. The van der Waals surface area contributed by atoms with Crippen molar-refractivity contribution in [2.24, 2.45) is 41.4 Å². The first-order chi connectivity index (χ1) is 13.2. The Morgan fingerprint density at radius 1 is 1.11 bits per heavy atom. The van der Waals surface area contributed by atoms with Gasteiger partial charge in [-0.1, -0.05) is 12.2 Å². The third-order valence-corrected chi connectivity index (χ3v) is 7.03. The van der Waals surface area contributed by atoms with Gasteiger partial charge in [0.25, 0.3) is 0 Å². The summed E-state index contributed by atoms with van der Waals surface area (Å²) in [7, 11) is 0. The van der Waals surface area contributed by atoms with Crippen LogP contribution >= 0.6 is 0 Å². The Morgan fingerprint density at radius 3 is 2.54 bits per heavy atom. The first kappa shape index (κ1) is 18.0. The number of carbonyl (C=O) groups excluding carboxylic acids is 3. The van der Waals surface area contributed by atoms with Gasteiger partial charge in [-0.05, 0) is 31.1 Å². The third-order valence-electron chi connectivity index (χ3n) is 7.03. The van der Waals surface area contributed by atoms with E-state index in [2.05, 4.69) is 10.8 Å². The Balaban J connectivity index is 1.31. The summed E-state index contributed by atoms with van der Waals surface area (Å²) in [5, 5.41) is 0. The van der Waals surface area contributed by atoms with Crippen LogP contribution in [0.2, 0.25) is 0 Å². The van der Waals surface area contributed by atoms with Crippen LogP contribution in [0.15, 0.2) is 12.2 Å². The molecule has 0 radical (unpaired) electrons. The molecule has 9 heteroatoms. The quantitative estimate of drug-likeness (QED) is 0.408. The number of allylic oxidation sites excluding steroid dienone is 2. The zero-order valence-corrected chi connectivity index (χ0v) is 14.8. The highest BCUT2D eigenvalue weighted by Gasteiger charge is 2.70. The monoisotopic (exact) mass is 400 g/mol. The molecule has 0 aromatic carbocycles. The van der Waals surface area contributed by atoms with Crippen LogP contribution in [-0.2, 0) is 28.6 Å². The number of rotatable bonds is 4. The Bertz CT molecular complexity index is 761. The third kappa shape index (κ3) is 2.65. The van der Waals surface area contributed by atoms with Crippen LogP contribution in [0.3, 0.4) is 0 Å². The van der Waals surface area contributed by atoms with E-state index in [9.17, 15) is 27.6 Å². The van der Waals surface area contributed by atoms with Gasteiger partial charge in [-0.25, -0.2) is 0 Å². The normalized spacial score (nSPS) is 44.8. The number of hydrogen-bond acceptors (Lipinski definition) is 6. The number of alkyl halides is 3. The van der Waals surface area contributed by atoms with E-state index in [4.69, 9.17) is 9.47 Å². The van der Waals surface area contributed by atoms with Crippen molar-refractivity contribution in [3.63, 3.8) is 0 Å². The predicted molar refractivity (Wildman–Crippen MR) is 84.2 cm³/mol. The van der Waals surface area contributed by atoms with E-state index >= 15 is 0 Å². The zero-order chi connectivity index (χ0) is 19.8. The highest BCUT2D eigenvalue weighted by atomic mass is 19.4. The van der Waals surface area contributed by atoms with Gasteiger partial charge < -0.3 is 14.2 Å². The average Bonchev–Trinajstić information content (AvgIpc) is 3.40. The van der Waals surface area contributed by atoms with Gasteiger partial charge in [0.15, 0.2) is 6.61 Å². The second-order valence-electron chi connectivity index (χ2n) is 8.53. The Hall–Kier alpha value is -2.06. The van der Waals surface area contributed by atoms with Crippen LogP contribution in [0.1, 0.15) is 19.3 Å². The van der Waals surface area contributed by atoms with Gasteiger partial charge in [0.2, 0.25) is 0 Å². The van der Waals surface area contributed by atoms with Crippen molar-refractivity contribution in [2.45, 2.75) is 37.6 Å². The summed E-state index contributed by atoms with van der Waals surface area (Å²) in [4.78, 5) is 37.2. The smallest absolute Gasteiger partial charge is 0.422 e. The molecule has 0 aromatic rings. The second kappa shape index (κ2) is 5.97. The molecule has 4 bridgehead atoms. The lowest BCUT2D eigenvalue weighted by atomic mass is 9.78. The topological polar surface area (TPSA) is 78.9 Å². The molecule has 3 saturated carbocycles. The molecule has 0 spiro atoms. The van der Waals surface area contributed by atoms with Crippen molar-refractivity contribution in [1.29, 1.82) is 0 Å². The number of fused-ring (bicyclic) bond motifs is 3. The van der Waals surface area contributed by atoms with Crippen LogP contribution in [-0.4, -0.2) is 42.9 Å². The highest BCUT2D eigenvalue weighted by Crippen LogP contribution is 2.59. The van der Waals surface area contributed by atoms with Crippen molar-refractivity contribution in [1.82, 2.24) is 0 Å². The van der Waals surface area contributed by atoms with E-state index < -0.39 is 54.7 Å².